The van der Waals surface area contributed by atoms with Gasteiger partial charge in [0.1, 0.15) is 5.78 Å². The molecule has 1 fully saturated rings. The highest BCUT2D eigenvalue weighted by Gasteiger charge is 2.36. The molecule has 0 aliphatic carbocycles. The zero-order valence-electron chi connectivity index (χ0n) is 12.5. The van der Waals surface area contributed by atoms with E-state index in [1.807, 2.05) is 18.2 Å². The van der Waals surface area contributed by atoms with Crippen molar-refractivity contribution in [3.05, 3.63) is 29.8 Å². The Morgan fingerprint density at radius 3 is 2.86 bits per heavy atom. The van der Waals surface area contributed by atoms with Crippen LogP contribution in [-0.2, 0) is 16.0 Å². The number of aryl methyl sites for hydroxylation is 1. The number of hydrogen-bond donors (Lipinski definition) is 1. The van der Waals surface area contributed by atoms with Gasteiger partial charge < -0.3 is 5.32 Å². The lowest BCUT2D eigenvalue weighted by molar-refractivity contribution is -0.129. The van der Waals surface area contributed by atoms with E-state index in [0.29, 0.717) is 0 Å². The van der Waals surface area contributed by atoms with Gasteiger partial charge in [0.15, 0.2) is 0 Å². The molecule has 2 aliphatic heterocycles. The van der Waals surface area contributed by atoms with Crippen LogP contribution in [0.4, 0.5) is 5.69 Å². The number of carbonyl (C=O) groups is 2. The summed E-state index contributed by atoms with van der Waals surface area (Å²) in [5, 5.41) is 3.04. The van der Waals surface area contributed by atoms with Crippen molar-refractivity contribution in [3.63, 3.8) is 0 Å². The summed E-state index contributed by atoms with van der Waals surface area (Å²) in [4.78, 5) is 26.6. The molecule has 4 nitrogen and oxygen atoms in total. The summed E-state index contributed by atoms with van der Waals surface area (Å²) in [7, 11) is 0. The van der Waals surface area contributed by atoms with Gasteiger partial charge in [-0.15, -0.1) is 0 Å². The number of amides is 1. The lowest BCUT2D eigenvalue weighted by Crippen LogP contribution is -2.53. The standard InChI is InChI=1S/C17H22N2O2/c1-12(20)15-8-4-5-11-19(15)16-10-9-13-6-2-3-7-14(13)18-17(16)21/h2-3,6-7,15-16H,4-5,8-11H2,1H3,(H,18,21). The van der Waals surface area contributed by atoms with Gasteiger partial charge in [-0.05, 0) is 50.8 Å². The van der Waals surface area contributed by atoms with Crippen LogP contribution in [0.3, 0.4) is 0 Å². The summed E-state index contributed by atoms with van der Waals surface area (Å²) in [5.74, 6) is 0.220. The number of nitrogens with zero attached hydrogens (tertiary/aromatic N) is 1. The van der Waals surface area contributed by atoms with Crippen LogP contribution in [0.5, 0.6) is 0 Å². The zero-order valence-corrected chi connectivity index (χ0v) is 12.5. The minimum absolute atomic E-state index is 0.0353. The number of likely N-dealkylation sites (tertiary alicyclic amines) is 1. The molecule has 3 rings (SSSR count). The average Bonchev–Trinajstić information content (AvgIpc) is 2.65. The van der Waals surface area contributed by atoms with E-state index in [4.69, 9.17) is 0 Å². The highest BCUT2D eigenvalue weighted by molar-refractivity contribution is 5.96. The molecule has 0 saturated carbocycles. The predicted octanol–water partition coefficient (Wildman–Crippen LogP) is 2.38. The number of piperidine rings is 1. The van der Waals surface area contributed by atoms with Crippen molar-refractivity contribution in [1.29, 1.82) is 0 Å². The molecule has 2 aliphatic rings. The van der Waals surface area contributed by atoms with E-state index in [9.17, 15) is 9.59 Å². The highest BCUT2D eigenvalue weighted by Crippen LogP contribution is 2.28. The summed E-state index contributed by atoms with van der Waals surface area (Å²) in [6, 6.07) is 7.69. The van der Waals surface area contributed by atoms with Gasteiger partial charge in [-0.2, -0.15) is 0 Å². The molecule has 0 bridgehead atoms. The molecule has 2 heterocycles. The van der Waals surface area contributed by atoms with Crippen LogP contribution < -0.4 is 5.32 Å². The second-order valence-corrected chi connectivity index (χ2v) is 6.06. The number of fused-ring (bicyclic) bond motifs is 1. The molecule has 0 radical (unpaired) electrons. The number of Topliss-reactive ketones (excluding diaryl/α,β-unsaturated/α-hetero) is 1. The first-order valence-electron chi connectivity index (χ1n) is 7.82. The van der Waals surface area contributed by atoms with Gasteiger partial charge in [-0.1, -0.05) is 24.6 Å². The highest BCUT2D eigenvalue weighted by atomic mass is 16.2. The first kappa shape index (κ1) is 14.3. The van der Waals surface area contributed by atoms with Crippen molar-refractivity contribution in [2.24, 2.45) is 0 Å². The number of para-hydroxylation sites is 1. The summed E-state index contributed by atoms with van der Waals surface area (Å²) in [6.45, 7) is 2.49. The Kier molecular flexibility index (Phi) is 4.06. The van der Waals surface area contributed by atoms with Gasteiger partial charge in [0, 0.05) is 5.69 Å². The van der Waals surface area contributed by atoms with E-state index in [2.05, 4.69) is 16.3 Å². The maximum absolute atomic E-state index is 12.6. The van der Waals surface area contributed by atoms with E-state index in [0.717, 1.165) is 44.3 Å². The first-order chi connectivity index (χ1) is 10.2. The second kappa shape index (κ2) is 5.98. The van der Waals surface area contributed by atoms with Crippen molar-refractivity contribution >= 4 is 17.4 Å². The number of benzene rings is 1. The van der Waals surface area contributed by atoms with Gasteiger partial charge >= 0.3 is 0 Å². The Morgan fingerprint density at radius 1 is 1.24 bits per heavy atom. The summed E-state index contributed by atoms with van der Waals surface area (Å²) < 4.78 is 0. The third-order valence-electron chi connectivity index (χ3n) is 4.68. The lowest BCUT2D eigenvalue weighted by atomic mass is 9.95. The third-order valence-corrected chi connectivity index (χ3v) is 4.68. The largest absolute Gasteiger partial charge is 0.324 e. The number of nitrogens with one attached hydrogen (secondary N) is 1. The molecular weight excluding hydrogens is 264 g/mol. The van der Waals surface area contributed by atoms with Crippen LogP contribution in [0.2, 0.25) is 0 Å². The van der Waals surface area contributed by atoms with Crippen LogP contribution in [0.15, 0.2) is 24.3 Å². The van der Waals surface area contributed by atoms with Gasteiger partial charge in [0.2, 0.25) is 5.91 Å². The molecule has 21 heavy (non-hydrogen) atoms. The lowest BCUT2D eigenvalue weighted by Gasteiger charge is -2.38. The topological polar surface area (TPSA) is 49.4 Å². The number of anilines is 1. The quantitative estimate of drug-likeness (QED) is 0.908. The molecule has 2 unspecified atom stereocenters. The predicted molar refractivity (Wildman–Crippen MR) is 82.2 cm³/mol. The fourth-order valence-corrected chi connectivity index (χ4v) is 3.58. The van der Waals surface area contributed by atoms with Gasteiger partial charge in [0.05, 0.1) is 12.1 Å². The number of carbonyl (C=O) groups excluding carboxylic acids is 2. The molecular formula is C17H22N2O2. The number of ketones is 1. The molecule has 1 amide bonds. The molecule has 0 spiro atoms. The van der Waals surface area contributed by atoms with E-state index in [1.54, 1.807) is 6.92 Å². The number of hydrogen-bond acceptors (Lipinski definition) is 3. The third kappa shape index (κ3) is 2.86. The Hall–Kier alpha value is -1.68. The van der Waals surface area contributed by atoms with E-state index >= 15 is 0 Å². The smallest absolute Gasteiger partial charge is 0.241 e. The van der Waals surface area contributed by atoms with Crippen molar-refractivity contribution in [2.45, 2.75) is 51.1 Å². The molecule has 4 heteroatoms. The van der Waals surface area contributed by atoms with Crippen LogP contribution in [0, 0.1) is 0 Å². The fraction of sp³-hybridized carbons (Fsp3) is 0.529. The normalized spacial score (nSPS) is 26.6. The van der Waals surface area contributed by atoms with Crippen molar-refractivity contribution < 1.29 is 9.59 Å². The summed E-state index contributed by atoms with van der Waals surface area (Å²) in [5.41, 5.74) is 2.10. The molecule has 1 aromatic carbocycles. The Labute approximate surface area is 125 Å². The average molecular weight is 286 g/mol. The van der Waals surface area contributed by atoms with E-state index in [1.165, 1.54) is 5.56 Å². The monoisotopic (exact) mass is 286 g/mol. The Balaban J connectivity index is 1.83. The van der Waals surface area contributed by atoms with Crippen molar-refractivity contribution in [1.82, 2.24) is 4.90 Å². The molecule has 1 N–H and O–H groups in total. The summed E-state index contributed by atoms with van der Waals surface area (Å²) in [6.07, 6.45) is 4.69. The molecule has 0 aromatic heterocycles. The minimum Gasteiger partial charge on any atom is -0.324 e. The molecule has 112 valence electrons. The molecule has 1 aromatic rings. The fourth-order valence-electron chi connectivity index (χ4n) is 3.58. The molecule has 2 atom stereocenters. The number of rotatable bonds is 2. The zero-order chi connectivity index (χ0) is 14.8. The maximum atomic E-state index is 12.6. The van der Waals surface area contributed by atoms with E-state index < -0.39 is 0 Å². The van der Waals surface area contributed by atoms with Crippen LogP contribution in [0.25, 0.3) is 0 Å². The summed E-state index contributed by atoms with van der Waals surface area (Å²) >= 11 is 0. The Bertz CT molecular complexity index is 555. The minimum atomic E-state index is -0.188. The first-order valence-corrected chi connectivity index (χ1v) is 7.82. The van der Waals surface area contributed by atoms with Crippen molar-refractivity contribution in [2.75, 3.05) is 11.9 Å². The Morgan fingerprint density at radius 2 is 2.05 bits per heavy atom. The van der Waals surface area contributed by atoms with Crippen molar-refractivity contribution in [3.8, 4) is 0 Å². The van der Waals surface area contributed by atoms with Crippen LogP contribution in [-0.4, -0.2) is 35.2 Å². The maximum Gasteiger partial charge on any atom is 0.241 e. The van der Waals surface area contributed by atoms with E-state index in [-0.39, 0.29) is 23.8 Å². The SMILES string of the molecule is CC(=O)C1CCCCN1C1CCc2ccccc2NC1=O. The van der Waals surface area contributed by atoms with Gasteiger partial charge in [-0.3, -0.25) is 14.5 Å². The van der Waals surface area contributed by atoms with Crippen LogP contribution in [0.1, 0.15) is 38.2 Å². The van der Waals surface area contributed by atoms with Crippen LogP contribution >= 0.6 is 0 Å². The van der Waals surface area contributed by atoms with Gasteiger partial charge in [-0.25, -0.2) is 0 Å². The second-order valence-electron chi connectivity index (χ2n) is 6.06. The molecule has 1 saturated heterocycles. The van der Waals surface area contributed by atoms with Gasteiger partial charge in [0.25, 0.3) is 0 Å².